The van der Waals surface area contributed by atoms with Crippen LogP contribution in [0.3, 0.4) is 0 Å². The molecular weight excluding hydrogens is 352 g/mol. The highest BCUT2D eigenvalue weighted by Gasteiger charge is 2.08. The number of rotatable bonds is 3. The van der Waals surface area contributed by atoms with E-state index in [9.17, 15) is 4.79 Å². The fraction of sp³-hybridized carbons (Fsp3) is 0.0526. The van der Waals surface area contributed by atoms with Crippen LogP contribution in [0.2, 0.25) is 0 Å². The molecule has 4 heteroatoms. The molecule has 0 N–H and O–H groups in total. The van der Waals surface area contributed by atoms with Crippen LogP contribution in [0.5, 0.6) is 0 Å². The summed E-state index contributed by atoms with van der Waals surface area (Å²) in [6.07, 6.45) is 1.93. The van der Waals surface area contributed by atoms with Crippen LogP contribution in [-0.2, 0) is 6.54 Å². The van der Waals surface area contributed by atoms with Crippen LogP contribution in [0.25, 0.3) is 0 Å². The van der Waals surface area contributed by atoms with E-state index in [0.29, 0.717) is 17.6 Å². The van der Waals surface area contributed by atoms with Gasteiger partial charge in [-0.05, 0) is 45.8 Å². The van der Waals surface area contributed by atoms with E-state index in [1.54, 1.807) is 6.07 Å². The van der Waals surface area contributed by atoms with Crippen LogP contribution in [0.1, 0.15) is 15.9 Å². The fourth-order valence-corrected chi connectivity index (χ4v) is 2.74. The van der Waals surface area contributed by atoms with Crippen LogP contribution in [0, 0.1) is 0 Å². The van der Waals surface area contributed by atoms with Crippen molar-refractivity contribution in [3.05, 3.63) is 100 Å². The van der Waals surface area contributed by atoms with E-state index in [-0.39, 0.29) is 5.91 Å². The summed E-state index contributed by atoms with van der Waals surface area (Å²) in [5.74, 6) is -0.259. The number of aromatic nitrogens is 1. The number of pyridine rings is 1. The molecule has 114 valence electrons. The lowest BCUT2D eigenvalue weighted by atomic mass is 10.2. The van der Waals surface area contributed by atoms with Crippen LogP contribution in [-0.4, -0.2) is 10.5 Å². The van der Waals surface area contributed by atoms with E-state index in [2.05, 4.69) is 33.1 Å². The van der Waals surface area contributed by atoms with Crippen LogP contribution in [0.15, 0.2) is 88.5 Å². The number of benzene rings is 2. The molecule has 2 aromatic carbocycles. The zero-order valence-corrected chi connectivity index (χ0v) is 14.0. The number of hydrogen-bond acceptors (Lipinski definition) is 1. The SMILES string of the molecule is O=C(N=c1ccccn1Cc1ccccc1)c1ccccc1Br. The first-order valence-corrected chi connectivity index (χ1v) is 8.06. The summed E-state index contributed by atoms with van der Waals surface area (Å²) >= 11 is 3.39. The third-order valence-electron chi connectivity index (χ3n) is 3.43. The van der Waals surface area contributed by atoms with Crippen molar-refractivity contribution in [2.45, 2.75) is 6.54 Å². The summed E-state index contributed by atoms with van der Waals surface area (Å²) in [5, 5.41) is 0. The minimum Gasteiger partial charge on any atom is -0.328 e. The Balaban J connectivity index is 1.97. The zero-order chi connectivity index (χ0) is 16.1. The van der Waals surface area contributed by atoms with Gasteiger partial charge in [-0.2, -0.15) is 4.99 Å². The molecule has 3 aromatic rings. The molecule has 3 rings (SSSR count). The highest BCUT2D eigenvalue weighted by molar-refractivity contribution is 9.10. The van der Waals surface area contributed by atoms with Crippen LogP contribution >= 0.6 is 15.9 Å². The standard InChI is InChI=1S/C19H15BrN2O/c20-17-11-5-4-10-16(17)19(23)21-18-12-6-7-13-22(18)14-15-8-2-1-3-9-15/h1-13H,14H2. The summed E-state index contributed by atoms with van der Waals surface area (Å²) in [5.41, 5.74) is 2.35. The summed E-state index contributed by atoms with van der Waals surface area (Å²) < 4.78 is 2.71. The Bertz CT molecular complexity index is 885. The summed E-state index contributed by atoms with van der Waals surface area (Å²) in [6.45, 7) is 0.670. The van der Waals surface area contributed by atoms with Crippen molar-refractivity contribution in [1.82, 2.24) is 4.57 Å². The molecule has 0 radical (unpaired) electrons. The monoisotopic (exact) mass is 366 g/mol. The Morgan fingerprint density at radius 3 is 2.39 bits per heavy atom. The van der Waals surface area contributed by atoms with Gasteiger partial charge in [0.25, 0.3) is 5.91 Å². The molecule has 0 aliphatic rings. The van der Waals surface area contributed by atoms with Gasteiger partial charge in [-0.15, -0.1) is 0 Å². The largest absolute Gasteiger partial charge is 0.328 e. The number of halogens is 1. The predicted octanol–water partition coefficient (Wildman–Crippen LogP) is 4.04. The topological polar surface area (TPSA) is 34.4 Å². The van der Waals surface area contributed by atoms with E-state index in [1.165, 1.54) is 0 Å². The van der Waals surface area contributed by atoms with Gasteiger partial charge in [-0.25, -0.2) is 0 Å². The highest BCUT2D eigenvalue weighted by Crippen LogP contribution is 2.16. The van der Waals surface area contributed by atoms with Crippen LogP contribution < -0.4 is 5.49 Å². The lowest BCUT2D eigenvalue weighted by Crippen LogP contribution is -2.22. The molecule has 3 nitrogen and oxygen atoms in total. The van der Waals surface area contributed by atoms with Gasteiger partial charge in [0.15, 0.2) is 0 Å². The molecule has 0 aliphatic heterocycles. The van der Waals surface area contributed by atoms with Gasteiger partial charge >= 0.3 is 0 Å². The quantitative estimate of drug-likeness (QED) is 0.688. The van der Waals surface area contributed by atoms with E-state index in [1.807, 2.05) is 65.4 Å². The molecule has 0 saturated carbocycles. The molecule has 0 fully saturated rings. The molecule has 1 heterocycles. The van der Waals surface area contributed by atoms with Gasteiger partial charge in [-0.3, -0.25) is 4.79 Å². The normalized spacial score (nSPS) is 11.4. The van der Waals surface area contributed by atoms with E-state index in [4.69, 9.17) is 0 Å². The van der Waals surface area contributed by atoms with Crippen molar-refractivity contribution < 1.29 is 4.79 Å². The van der Waals surface area contributed by atoms with Crippen LogP contribution in [0.4, 0.5) is 0 Å². The Kier molecular flexibility index (Phi) is 4.83. The zero-order valence-electron chi connectivity index (χ0n) is 12.4. The summed E-state index contributed by atoms with van der Waals surface area (Å²) in [6, 6.07) is 23.1. The minimum atomic E-state index is -0.259. The molecule has 0 aliphatic carbocycles. The van der Waals surface area contributed by atoms with Gasteiger partial charge in [0.1, 0.15) is 5.49 Å². The Labute approximate surface area is 143 Å². The van der Waals surface area contributed by atoms with Crippen molar-refractivity contribution >= 4 is 21.8 Å². The molecular formula is C19H15BrN2O. The summed E-state index contributed by atoms with van der Waals surface area (Å²) in [7, 11) is 0. The van der Waals surface area contributed by atoms with E-state index >= 15 is 0 Å². The van der Waals surface area contributed by atoms with Crippen molar-refractivity contribution in [2.75, 3.05) is 0 Å². The van der Waals surface area contributed by atoms with Crippen molar-refractivity contribution in [2.24, 2.45) is 4.99 Å². The van der Waals surface area contributed by atoms with Gasteiger partial charge in [0, 0.05) is 17.2 Å². The summed E-state index contributed by atoms with van der Waals surface area (Å²) in [4.78, 5) is 16.7. The maximum Gasteiger partial charge on any atom is 0.280 e. The maximum absolute atomic E-state index is 12.4. The average Bonchev–Trinajstić information content (AvgIpc) is 2.58. The van der Waals surface area contributed by atoms with Crippen molar-refractivity contribution in [1.29, 1.82) is 0 Å². The fourth-order valence-electron chi connectivity index (χ4n) is 2.28. The molecule has 0 unspecified atom stereocenters. The number of carbonyl (C=O) groups is 1. The first kappa shape index (κ1) is 15.4. The number of nitrogens with zero attached hydrogens (tertiary/aromatic N) is 2. The maximum atomic E-state index is 12.4. The lowest BCUT2D eigenvalue weighted by molar-refractivity contribution is 0.0996. The van der Waals surface area contributed by atoms with Crippen molar-refractivity contribution in [3.8, 4) is 0 Å². The highest BCUT2D eigenvalue weighted by atomic mass is 79.9. The van der Waals surface area contributed by atoms with E-state index in [0.717, 1.165) is 10.0 Å². The third-order valence-corrected chi connectivity index (χ3v) is 4.12. The Morgan fingerprint density at radius 2 is 1.61 bits per heavy atom. The lowest BCUT2D eigenvalue weighted by Gasteiger charge is -2.07. The molecule has 0 saturated heterocycles. The molecule has 0 bridgehead atoms. The number of amides is 1. The third kappa shape index (κ3) is 3.85. The number of hydrogen-bond donors (Lipinski definition) is 0. The first-order valence-electron chi connectivity index (χ1n) is 7.27. The second-order valence-corrected chi connectivity index (χ2v) is 5.92. The Morgan fingerprint density at radius 1 is 0.913 bits per heavy atom. The Hall–Kier alpha value is -2.46. The number of carbonyl (C=O) groups excluding carboxylic acids is 1. The van der Waals surface area contributed by atoms with Gasteiger partial charge in [-0.1, -0.05) is 48.5 Å². The van der Waals surface area contributed by atoms with Gasteiger partial charge in [0.2, 0.25) is 0 Å². The molecule has 1 aromatic heterocycles. The molecule has 0 atom stereocenters. The predicted molar refractivity (Wildman–Crippen MR) is 94.0 cm³/mol. The van der Waals surface area contributed by atoms with Gasteiger partial charge in [0.05, 0.1) is 5.56 Å². The second kappa shape index (κ2) is 7.20. The minimum absolute atomic E-state index is 0.259. The molecule has 23 heavy (non-hydrogen) atoms. The van der Waals surface area contributed by atoms with E-state index < -0.39 is 0 Å². The van der Waals surface area contributed by atoms with Gasteiger partial charge < -0.3 is 4.57 Å². The van der Waals surface area contributed by atoms with Crippen molar-refractivity contribution in [3.63, 3.8) is 0 Å². The molecule has 0 spiro atoms. The first-order chi connectivity index (χ1) is 11.2. The molecule has 1 amide bonds. The second-order valence-electron chi connectivity index (χ2n) is 5.07. The smallest absolute Gasteiger partial charge is 0.280 e. The average molecular weight is 367 g/mol.